The molecule has 0 aliphatic carbocycles. The van der Waals surface area contributed by atoms with Crippen molar-refractivity contribution in [3.8, 4) is 11.5 Å². The summed E-state index contributed by atoms with van der Waals surface area (Å²) in [5.41, 5.74) is 1.94. The van der Waals surface area contributed by atoms with Crippen LogP contribution in [0, 0.1) is 5.92 Å². The lowest BCUT2D eigenvalue weighted by Gasteiger charge is -2.11. The standard InChI is InChI=1S/C16H23ClN2O2/c1-11(2)6-5-7-19-13-9-15(21-4)14(20-3)8-12(13)18-16(19)10-17/h8-9,11H,5-7,10H2,1-4H3. The minimum absolute atomic E-state index is 0.404. The highest BCUT2D eigenvalue weighted by molar-refractivity contribution is 6.16. The van der Waals surface area contributed by atoms with E-state index >= 15 is 0 Å². The second-order valence-electron chi connectivity index (χ2n) is 5.55. The number of aromatic nitrogens is 2. The van der Waals surface area contributed by atoms with Gasteiger partial charge in [0, 0.05) is 18.7 Å². The number of aryl methyl sites for hydroxylation is 1. The smallest absolute Gasteiger partial charge is 0.163 e. The molecule has 0 fully saturated rings. The summed E-state index contributed by atoms with van der Waals surface area (Å²) in [7, 11) is 3.28. The van der Waals surface area contributed by atoms with Crippen LogP contribution in [0.3, 0.4) is 0 Å². The average molecular weight is 311 g/mol. The van der Waals surface area contributed by atoms with E-state index in [1.807, 2.05) is 12.1 Å². The second kappa shape index (κ2) is 7.03. The zero-order valence-corrected chi connectivity index (χ0v) is 13.9. The molecule has 2 aromatic rings. The molecule has 0 atom stereocenters. The lowest BCUT2D eigenvalue weighted by molar-refractivity contribution is 0.355. The Labute approximate surface area is 131 Å². The summed E-state index contributed by atoms with van der Waals surface area (Å²) in [4.78, 5) is 4.61. The molecule has 0 unspecified atom stereocenters. The van der Waals surface area contributed by atoms with Crippen molar-refractivity contribution in [3.63, 3.8) is 0 Å². The van der Waals surface area contributed by atoms with Crippen LogP contribution in [0.25, 0.3) is 11.0 Å². The third-order valence-electron chi connectivity index (χ3n) is 3.62. The number of fused-ring (bicyclic) bond motifs is 1. The molecule has 0 saturated carbocycles. The van der Waals surface area contributed by atoms with E-state index in [0.29, 0.717) is 17.5 Å². The van der Waals surface area contributed by atoms with Gasteiger partial charge < -0.3 is 14.0 Å². The van der Waals surface area contributed by atoms with E-state index in [-0.39, 0.29) is 0 Å². The van der Waals surface area contributed by atoms with Gasteiger partial charge in [-0.2, -0.15) is 0 Å². The molecular weight excluding hydrogens is 288 g/mol. The zero-order valence-electron chi connectivity index (χ0n) is 13.1. The van der Waals surface area contributed by atoms with Crippen molar-refractivity contribution in [2.45, 2.75) is 39.1 Å². The van der Waals surface area contributed by atoms with Crippen molar-refractivity contribution >= 4 is 22.6 Å². The van der Waals surface area contributed by atoms with Crippen LogP contribution >= 0.6 is 11.6 Å². The summed E-state index contributed by atoms with van der Waals surface area (Å²) in [6.07, 6.45) is 2.30. The third kappa shape index (κ3) is 3.43. The van der Waals surface area contributed by atoms with E-state index in [4.69, 9.17) is 21.1 Å². The summed E-state index contributed by atoms with van der Waals surface area (Å²) >= 11 is 6.05. The summed E-state index contributed by atoms with van der Waals surface area (Å²) in [5, 5.41) is 0. The molecule has 1 aromatic carbocycles. The van der Waals surface area contributed by atoms with Crippen molar-refractivity contribution in [2.24, 2.45) is 5.92 Å². The van der Waals surface area contributed by atoms with Crippen molar-refractivity contribution < 1.29 is 9.47 Å². The average Bonchev–Trinajstić information content (AvgIpc) is 2.82. The first-order valence-corrected chi connectivity index (χ1v) is 7.81. The molecule has 21 heavy (non-hydrogen) atoms. The topological polar surface area (TPSA) is 36.3 Å². The second-order valence-corrected chi connectivity index (χ2v) is 5.81. The number of hydrogen-bond acceptors (Lipinski definition) is 3. The first kappa shape index (κ1) is 16.0. The van der Waals surface area contributed by atoms with Crippen LogP contribution in [-0.4, -0.2) is 23.8 Å². The molecule has 2 rings (SSSR count). The summed E-state index contributed by atoms with van der Waals surface area (Å²) in [6, 6.07) is 3.88. The molecule has 0 aliphatic heterocycles. The van der Waals surface area contributed by atoms with Crippen molar-refractivity contribution in [1.29, 1.82) is 0 Å². The highest BCUT2D eigenvalue weighted by Crippen LogP contribution is 2.32. The number of alkyl halides is 1. The normalized spacial score (nSPS) is 11.3. The molecule has 0 bridgehead atoms. The fourth-order valence-corrected chi connectivity index (χ4v) is 2.71. The molecule has 1 heterocycles. The molecule has 0 N–H and O–H groups in total. The Kier molecular flexibility index (Phi) is 5.34. The third-order valence-corrected chi connectivity index (χ3v) is 3.85. The number of imidazole rings is 1. The molecule has 116 valence electrons. The molecule has 0 aliphatic rings. The van der Waals surface area contributed by atoms with E-state index in [2.05, 4.69) is 23.4 Å². The Bertz CT molecular complexity index is 608. The first-order chi connectivity index (χ1) is 10.1. The Balaban J connectivity index is 2.41. The summed E-state index contributed by atoms with van der Waals surface area (Å²) < 4.78 is 12.9. The minimum atomic E-state index is 0.404. The summed E-state index contributed by atoms with van der Waals surface area (Å²) in [6.45, 7) is 5.40. The number of benzene rings is 1. The van der Waals surface area contributed by atoms with Crippen LogP contribution < -0.4 is 9.47 Å². The number of ether oxygens (including phenoxy) is 2. The van der Waals surface area contributed by atoms with Gasteiger partial charge in [0.25, 0.3) is 0 Å². The highest BCUT2D eigenvalue weighted by Gasteiger charge is 2.14. The van der Waals surface area contributed by atoms with Gasteiger partial charge in [-0.15, -0.1) is 11.6 Å². The van der Waals surface area contributed by atoms with Gasteiger partial charge >= 0.3 is 0 Å². The molecule has 4 nitrogen and oxygen atoms in total. The Morgan fingerprint density at radius 1 is 1.19 bits per heavy atom. The van der Waals surface area contributed by atoms with Gasteiger partial charge in [0.15, 0.2) is 11.5 Å². The Morgan fingerprint density at radius 2 is 1.86 bits per heavy atom. The van der Waals surface area contributed by atoms with Gasteiger partial charge in [-0.25, -0.2) is 4.98 Å². The van der Waals surface area contributed by atoms with E-state index in [9.17, 15) is 0 Å². The van der Waals surface area contributed by atoms with Gasteiger partial charge in [-0.1, -0.05) is 13.8 Å². The number of hydrogen-bond donors (Lipinski definition) is 0. The Hall–Kier alpha value is -1.42. The number of methoxy groups -OCH3 is 2. The van der Waals surface area contributed by atoms with Crippen LogP contribution in [-0.2, 0) is 12.4 Å². The maximum Gasteiger partial charge on any atom is 0.163 e. The number of halogens is 1. The largest absolute Gasteiger partial charge is 0.493 e. The van der Waals surface area contributed by atoms with Crippen LogP contribution in [0.4, 0.5) is 0 Å². The maximum atomic E-state index is 6.05. The fraction of sp³-hybridized carbons (Fsp3) is 0.562. The predicted molar refractivity (Wildman–Crippen MR) is 86.5 cm³/mol. The van der Waals surface area contributed by atoms with E-state index in [0.717, 1.165) is 35.6 Å². The van der Waals surface area contributed by atoms with Crippen molar-refractivity contribution in [3.05, 3.63) is 18.0 Å². The minimum Gasteiger partial charge on any atom is -0.493 e. The quantitative estimate of drug-likeness (QED) is 0.718. The van der Waals surface area contributed by atoms with E-state index < -0.39 is 0 Å². The van der Waals surface area contributed by atoms with Crippen molar-refractivity contribution in [1.82, 2.24) is 9.55 Å². The molecule has 5 heteroatoms. The SMILES string of the molecule is COc1cc2nc(CCl)n(CCCC(C)C)c2cc1OC. The van der Waals surface area contributed by atoms with Gasteiger partial charge in [-0.3, -0.25) is 0 Å². The van der Waals surface area contributed by atoms with Crippen LogP contribution in [0.15, 0.2) is 12.1 Å². The fourth-order valence-electron chi connectivity index (χ4n) is 2.51. The number of rotatable bonds is 7. The maximum absolute atomic E-state index is 6.05. The molecule has 0 saturated heterocycles. The van der Waals surface area contributed by atoms with Crippen LogP contribution in [0.2, 0.25) is 0 Å². The lowest BCUT2D eigenvalue weighted by Crippen LogP contribution is -2.04. The summed E-state index contributed by atoms with van der Waals surface area (Å²) in [5.74, 6) is 3.41. The first-order valence-electron chi connectivity index (χ1n) is 7.27. The lowest BCUT2D eigenvalue weighted by atomic mass is 10.1. The van der Waals surface area contributed by atoms with E-state index in [1.165, 1.54) is 6.42 Å². The molecule has 0 amide bonds. The molecule has 0 radical (unpaired) electrons. The van der Waals surface area contributed by atoms with E-state index in [1.54, 1.807) is 14.2 Å². The van der Waals surface area contributed by atoms with Crippen LogP contribution in [0.5, 0.6) is 11.5 Å². The highest BCUT2D eigenvalue weighted by atomic mass is 35.5. The molecule has 1 aromatic heterocycles. The van der Waals surface area contributed by atoms with Gasteiger partial charge in [0.05, 0.1) is 31.1 Å². The monoisotopic (exact) mass is 310 g/mol. The predicted octanol–water partition coefficient (Wildman–Crippen LogP) is 4.23. The van der Waals surface area contributed by atoms with Gasteiger partial charge in [0.2, 0.25) is 0 Å². The molecular formula is C16H23ClN2O2. The zero-order chi connectivity index (χ0) is 15.4. The van der Waals surface area contributed by atoms with Crippen LogP contribution in [0.1, 0.15) is 32.5 Å². The molecule has 0 spiro atoms. The Morgan fingerprint density at radius 3 is 2.43 bits per heavy atom. The van der Waals surface area contributed by atoms with Crippen molar-refractivity contribution in [2.75, 3.05) is 14.2 Å². The van der Waals surface area contributed by atoms with Gasteiger partial charge in [-0.05, 0) is 18.8 Å². The van der Waals surface area contributed by atoms with Gasteiger partial charge in [0.1, 0.15) is 5.82 Å². The number of nitrogens with zero attached hydrogens (tertiary/aromatic N) is 2.